The van der Waals surface area contributed by atoms with Crippen molar-refractivity contribution in [2.75, 3.05) is 4.90 Å². The number of furan rings is 1. The van der Waals surface area contributed by atoms with Gasteiger partial charge in [0.2, 0.25) is 5.89 Å². The third kappa shape index (κ3) is 5.54. The molecule has 8 aromatic carbocycles. The summed E-state index contributed by atoms with van der Waals surface area (Å²) in [5, 5.41) is 1.98. The van der Waals surface area contributed by atoms with Gasteiger partial charge in [-0.05, 0) is 88.5 Å². The van der Waals surface area contributed by atoms with Crippen molar-refractivity contribution in [3.8, 4) is 44.8 Å². The number of hydrogen-bond donors (Lipinski definition) is 0. The lowest BCUT2D eigenvalue weighted by Crippen LogP contribution is -2.09. The van der Waals surface area contributed by atoms with E-state index in [4.69, 9.17) is 13.8 Å². The molecule has 2 aromatic heterocycles. The third-order valence-corrected chi connectivity index (χ3v) is 9.91. The number of hydrogen-bond acceptors (Lipinski definition) is 4. The van der Waals surface area contributed by atoms with Crippen molar-refractivity contribution in [2.24, 2.45) is 0 Å². The van der Waals surface area contributed by atoms with Crippen LogP contribution in [-0.4, -0.2) is 4.98 Å². The van der Waals surface area contributed by atoms with E-state index in [1.165, 1.54) is 16.7 Å². The van der Waals surface area contributed by atoms with E-state index in [0.717, 1.165) is 72.4 Å². The van der Waals surface area contributed by atoms with Crippen LogP contribution >= 0.6 is 0 Å². The number of oxazole rings is 1. The van der Waals surface area contributed by atoms with E-state index in [2.05, 4.69) is 138 Å². The van der Waals surface area contributed by atoms with Crippen LogP contribution in [0.2, 0.25) is 0 Å². The summed E-state index contributed by atoms with van der Waals surface area (Å²) >= 11 is 0. The van der Waals surface area contributed by atoms with Gasteiger partial charge in [0.1, 0.15) is 16.7 Å². The Morgan fingerprint density at radius 3 is 1.60 bits per heavy atom. The van der Waals surface area contributed by atoms with Crippen molar-refractivity contribution in [1.82, 2.24) is 4.98 Å². The second-order valence-electron chi connectivity index (χ2n) is 13.2. The minimum atomic E-state index is 0.580. The van der Waals surface area contributed by atoms with Gasteiger partial charge in [0.25, 0.3) is 0 Å². The number of rotatable bonds is 7. The molecule has 0 aliphatic heterocycles. The van der Waals surface area contributed by atoms with Gasteiger partial charge in [-0.25, -0.2) is 4.98 Å². The maximum absolute atomic E-state index is 6.66. The molecule has 53 heavy (non-hydrogen) atoms. The van der Waals surface area contributed by atoms with Crippen molar-refractivity contribution in [3.05, 3.63) is 194 Å². The summed E-state index contributed by atoms with van der Waals surface area (Å²) in [7, 11) is 0. The minimum absolute atomic E-state index is 0.580. The van der Waals surface area contributed by atoms with Gasteiger partial charge in [-0.15, -0.1) is 0 Å². The molecule has 0 saturated carbocycles. The van der Waals surface area contributed by atoms with E-state index in [-0.39, 0.29) is 0 Å². The fourth-order valence-corrected chi connectivity index (χ4v) is 7.32. The van der Waals surface area contributed by atoms with Crippen molar-refractivity contribution >= 4 is 50.1 Å². The Labute approximate surface area is 306 Å². The molecule has 4 nitrogen and oxygen atoms in total. The number of anilines is 3. The van der Waals surface area contributed by atoms with Gasteiger partial charge in [0.05, 0.1) is 5.39 Å². The Kier molecular flexibility index (Phi) is 7.43. The van der Waals surface area contributed by atoms with E-state index in [9.17, 15) is 0 Å². The predicted molar refractivity (Wildman–Crippen MR) is 218 cm³/mol. The standard InChI is InChI=1S/C49H32N2O2/c1-4-13-33(14-5-1)34-23-25-35(26-24-34)36-27-29-40(30-28-36)51(39-18-8-3-9-19-39)41-20-12-17-38(31-41)43-32-45-46(42-21-10-11-22-44(42)52-45)47-48(43)53-49(50-47)37-15-6-2-7-16-37/h1-32H. The fourth-order valence-electron chi connectivity index (χ4n) is 7.32. The van der Waals surface area contributed by atoms with Gasteiger partial charge in [0, 0.05) is 33.6 Å². The molecule has 0 unspecified atom stereocenters. The van der Waals surface area contributed by atoms with Crippen LogP contribution < -0.4 is 4.90 Å². The zero-order chi connectivity index (χ0) is 35.1. The summed E-state index contributed by atoms with van der Waals surface area (Å²) in [5.41, 5.74) is 13.9. The summed E-state index contributed by atoms with van der Waals surface area (Å²) in [6, 6.07) is 67.4. The number of aromatic nitrogens is 1. The highest BCUT2D eigenvalue weighted by atomic mass is 16.4. The van der Waals surface area contributed by atoms with Crippen LogP contribution in [0.5, 0.6) is 0 Å². The lowest BCUT2D eigenvalue weighted by atomic mass is 9.99. The fraction of sp³-hybridized carbons (Fsp3) is 0. The SMILES string of the molecule is c1ccc(-c2ccc(-c3ccc(N(c4ccccc4)c4cccc(-c5cc6oc7ccccc7c6c6nc(-c7ccccc7)oc56)c4)cc3)cc2)cc1. The molecule has 0 radical (unpaired) electrons. The number of nitrogens with zero attached hydrogens (tertiary/aromatic N) is 2. The molecule has 10 rings (SSSR count). The summed E-state index contributed by atoms with van der Waals surface area (Å²) in [4.78, 5) is 7.38. The Balaban J connectivity index is 1.08. The smallest absolute Gasteiger partial charge is 0.227 e. The average molecular weight is 681 g/mol. The Morgan fingerprint density at radius 2 is 0.906 bits per heavy atom. The van der Waals surface area contributed by atoms with Crippen molar-refractivity contribution < 1.29 is 8.83 Å². The molecule has 0 N–H and O–H groups in total. The van der Waals surface area contributed by atoms with Crippen LogP contribution in [0.4, 0.5) is 17.1 Å². The molecule has 0 fully saturated rings. The van der Waals surface area contributed by atoms with Gasteiger partial charge in [0.15, 0.2) is 5.58 Å². The first kappa shape index (κ1) is 30.6. The Bertz CT molecular complexity index is 2860. The molecule has 0 spiro atoms. The van der Waals surface area contributed by atoms with Crippen LogP contribution in [0.25, 0.3) is 77.9 Å². The first-order chi connectivity index (χ1) is 26.3. The number of fused-ring (bicyclic) bond motifs is 5. The Hall–Kier alpha value is -7.17. The average Bonchev–Trinajstić information content (AvgIpc) is 3.84. The first-order valence-corrected chi connectivity index (χ1v) is 17.8. The van der Waals surface area contributed by atoms with Gasteiger partial charge >= 0.3 is 0 Å². The monoisotopic (exact) mass is 680 g/mol. The van der Waals surface area contributed by atoms with Crippen LogP contribution in [0.3, 0.4) is 0 Å². The highest BCUT2D eigenvalue weighted by Gasteiger charge is 2.22. The predicted octanol–water partition coefficient (Wildman–Crippen LogP) is 13.9. The van der Waals surface area contributed by atoms with E-state index in [1.54, 1.807) is 0 Å². The van der Waals surface area contributed by atoms with Gasteiger partial charge in [-0.3, -0.25) is 0 Å². The maximum Gasteiger partial charge on any atom is 0.227 e. The van der Waals surface area contributed by atoms with Crippen molar-refractivity contribution in [1.29, 1.82) is 0 Å². The molecule has 0 aliphatic rings. The van der Waals surface area contributed by atoms with E-state index >= 15 is 0 Å². The molecule has 0 bridgehead atoms. The first-order valence-electron chi connectivity index (χ1n) is 17.8. The summed E-state index contributed by atoms with van der Waals surface area (Å²) < 4.78 is 13.1. The van der Waals surface area contributed by atoms with E-state index < -0.39 is 0 Å². The second kappa shape index (κ2) is 12.9. The van der Waals surface area contributed by atoms with Crippen molar-refractivity contribution in [2.45, 2.75) is 0 Å². The molecular formula is C49H32N2O2. The lowest BCUT2D eigenvalue weighted by Gasteiger charge is -2.26. The third-order valence-electron chi connectivity index (χ3n) is 9.91. The quantitative estimate of drug-likeness (QED) is 0.168. The van der Waals surface area contributed by atoms with E-state index in [1.807, 2.05) is 60.7 Å². The molecule has 250 valence electrons. The van der Waals surface area contributed by atoms with Crippen LogP contribution in [0.1, 0.15) is 0 Å². The Morgan fingerprint density at radius 1 is 0.377 bits per heavy atom. The molecule has 10 aromatic rings. The largest absolute Gasteiger partial charge is 0.456 e. The molecule has 2 heterocycles. The topological polar surface area (TPSA) is 42.4 Å². The van der Waals surface area contributed by atoms with Crippen LogP contribution in [0.15, 0.2) is 203 Å². The minimum Gasteiger partial charge on any atom is -0.456 e. The van der Waals surface area contributed by atoms with Crippen LogP contribution in [0, 0.1) is 0 Å². The molecule has 0 saturated heterocycles. The zero-order valence-corrected chi connectivity index (χ0v) is 28.7. The summed E-state index contributed by atoms with van der Waals surface area (Å²) in [6.45, 7) is 0. The highest BCUT2D eigenvalue weighted by molar-refractivity contribution is 6.19. The normalized spacial score (nSPS) is 11.4. The number of benzene rings is 8. The molecular weight excluding hydrogens is 649 g/mol. The molecule has 0 aliphatic carbocycles. The van der Waals surface area contributed by atoms with Crippen LogP contribution in [-0.2, 0) is 0 Å². The molecule has 0 atom stereocenters. The van der Waals surface area contributed by atoms with Gasteiger partial charge < -0.3 is 13.7 Å². The zero-order valence-electron chi connectivity index (χ0n) is 28.7. The highest BCUT2D eigenvalue weighted by Crippen LogP contribution is 2.43. The molecule has 4 heteroatoms. The maximum atomic E-state index is 6.66. The number of para-hydroxylation sites is 2. The van der Waals surface area contributed by atoms with E-state index in [0.29, 0.717) is 5.89 Å². The van der Waals surface area contributed by atoms with Gasteiger partial charge in [-0.1, -0.05) is 133 Å². The molecule has 0 amide bonds. The second-order valence-corrected chi connectivity index (χ2v) is 13.2. The summed E-state index contributed by atoms with van der Waals surface area (Å²) in [5.74, 6) is 0.580. The summed E-state index contributed by atoms with van der Waals surface area (Å²) in [6.07, 6.45) is 0. The van der Waals surface area contributed by atoms with Gasteiger partial charge in [-0.2, -0.15) is 0 Å². The van der Waals surface area contributed by atoms with Crippen molar-refractivity contribution in [3.63, 3.8) is 0 Å². The lowest BCUT2D eigenvalue weighted by molar-refractivity contribution is 0.620.